The van der Waals surface area contributed by atoms with Gasteiger partial charge in [0.25, 0.3) is 5.91 Å². The van der Waals surface area contributed by atoms with E-state index in [-0.39, 0.29) is 18.7 Å². The standard InChI is InChI=1S/C24H31N3O4/c1-16(2)12-13-31-20-7-5-6-19(15-20)24(30)27-26-23(29)11-10-22(28)25-21-9-8-17(3)14-18(21)4/h5-9,14-16H,10-13H2,1-4H3,(H,25,28)(H,26,29)(H,27,30). The zero-order valence-corrected chi connectivity index (χ0v) is 18.6. The van der Waals surface area contributed by atoms with Crippen LogP contribution < -0.4 is 20.9 Å². The predicted octanol–water partition coefficient (Wildman–Crippen LogP) is 3.91. The first kappa shape index (κ1) is 23.9. The largest absolute Gasteiger partial charge is 0.494 e. The number of amides is 3. The number of rotatable bonds is 9. The van der Waals surface area contributed by atoms with Gasteiger partial charge in [-0.15, -0.1) is 0 Å². The van der Waals surface area contributed by atoms with Crippen molar-refractivity contribution in [1.29, 1.82) is 0 Å². The van der Waals surface area contributed by atoms with Crippen LogP contribution in [0.15, 0.2) is 42.5 Å². The van der Waals surface area contributed by atoms with Crippen LogP contribution in [0.2, 0.25) is 0 Å². The molecule has 166 valence electrons. The van der Waals surface area contributed by atoms with Gasteiger partial charge in [-0.1, -0.05) is 37.6 Å². The molecular weight excluding hydrogens is 394 g/mol. The van der Waals surface area contributed by atoms with Crippen molar-refractivity contribution < 1.29 is 19.1 Å². The summed E-state index contributed by atoms with van der Waals surface area (Å²) in [6, 6.07) is 12.5. The van der Waals surface area contributed by atoms with Crippen LogP contribution in [0.1, 0.15) is 54.6 Å². The van der Waals surface area contributed by atoms with Crippen molar-refractivity contribution in [2.24, 2.45) is 5.92 Å². The fourth-order valence-corrected chi connectivity index (χ4v) is 2.79. The Morgan fingerprint density at radius 3 is 2.39 bits per heavy atom. The molecular formula is C24H31N3O4. The van der Waals surface area contributed by atoms with Gasteiger partial charge in [0.2, 0.25) is 11.8 Å². The topological polar surface area (TPSA) is 96.5 Å². The Bertz CT molecular complexity index is 925. The van der Waals surface area contributed by atoms with Gasteiger partial charge >= 0.3 is 0 Å². The highest BCUT2D eigenvalue weighted by Gasteiger charge is 2.11. The lowest BCUT2D eigenvalue weighted by atomic mass is 10.1. The van der Waals surface area contributed by atoms with Crippen LogP contribution in [0.3, 0.4) is 0 Å². The van der Waals surface area contributed by atoms with E-state index in [1.807, 2.05) is 32.0 Å². The number of carbonyl (C=O) groups excluding carboxylic acids is 3. The van der Waals surface area contributed by atoms with Crippen molar-refractivity contribution in [1.82, 2.24) is 10.9 Å². The van der Waals surface area contributed by atoms with E-state index in [9.17, 15) is 14.4 Å². The van der Waals surface area contributed by atoms with E-state index in [2.05, 4.69) is 30.0 Å². The van der Waals surface area contributed by atoms with E-state index in [4.69, 9.17) is 4.74 Å². The van der Waals surface area contributed by atoms with Crippen molar-refractivity contribution in [3.05, 3.63) is 59.2 Å². The van der Waals surface area contributed by atoms with Gasteiger partial charge in [-0.3, -0.25) is 25.2 Å². The van der Waals surface area contributed by atoms with E-state index in [0.29, 0.717) is 23.8 Å². The number of carbonyl (C=O) groups is 3. The molecule has 0 atom stereocenters. The van der Waals surface area contributed by atoms with Crippen LogP contribution in [0.5, 0.6) is 5.75 Å². The SMILES string of the molecule is Cc1ccc(NC(=O)CCC(=O)NNC(=O)c2cccc(OCCC(C)C)c2)c(C)c1. The maximum absolute atomic E-state index is 12.3. The molecule has 7 nitrogen and oxygen atoms in total. The molecule has 0 saturated carbocycles. The summed E-state index contributed by atoms with van der Waals surface area (Å²) in [5.74, 6) is -0.0390. The molecule has 2 aromatic rings. The van der Waals surface area contributed by atoms with Gasteiger partial charge in [0, 0.05) is 24.1 Å². The van der Waals surface area contributed by atoms with Gasteiger partial charge in [0.15, 0.2) is 0 Å². The fourth-order valence-electron chi connectivity index (χ4n) is 2.79. The highest BCUT2D eigenvalue weighted by Crippen LogP contribution is 2.16. The average Bonchev–Trinajstić information content (AvgIpc) is 2.72. The minimum atomic E-state index is -0.456. The maximum Gasteiger partial charge on any atom is 0.269 e. The van der Waals surface area contributed by atoms with Crippen molar-refractivity contribution in [3.63, 3.8) is 0 Å². The van der Waals surface area contributed by atoms with Crippen molar-refractivity contribution >= 4 is 23.4 Å². The molecule has 7 heteroatoms. The molecule has 0 aliphatic carbocycles. The number of hydrogen-bond acceptors (Lipinski definition) is 4. The molecule has 0 unspecified atom stereocenters. The van der Waals surface area contributed by atoms with Crippen LogP contribution in [0, 0.1) is 19.8 Å². The highest BCUT2D eigenvalue weighted by molar-refractivity contribution is 5.97. The first-order valence-electron chi connectivity index (χ1n) is 10.4. The summed E-state index contributed by atoms with van der Waals surface area (Å²) < 4.78 is 5.65. The lowest BCUT2D eigenvalue weighted by molar-refractivity contribution is -0.124. The molecule has 0 saturated heterocycles. The molecule has 0 aliphatic heterocycles. The molecule has 0 aromatic heterocycles. The summed E-state index contributed by atoms with van der Waals surface area (Å²) in [5, 5.41) is 2.79. The third kappa shape index (κ3) is 8.50. The van der Waals surface area contributed by atoms with Crippen LogP contribution in [0.4, 0.5) is 5.69 Å². The number of hydrogen-bond donors (Lipinski definition) is 3. The van der Waals surface area contributed by atoms with E-state index >= 15 is 0 Å². The first-order valence-corrected chi connectivity index (χ1v) is 10.4. The third-order valence-electron chi connectivity index (χ3n) is 4.61. The summed E-state index contributed by atoms with van der Waals surface area (Å²) in [6.45, 7) is 8.69. The van der Waals surface area contributed by atoms with Gasteiger partial charge in [-0.05, 0) is 56.0 Å². The van der Waals surface area contributed by atoms with E-state index < -0.39 is 11.8 Å². The second-order valence-corrected chi connectivity index (χ2v) is 7.93. The van der Waals surface area contributed by atoms with Crippen LogP contribution in [0.25, 0.3) is 0 Å². The average molecular weight is 426 g/mol. The lowest BCUT2D eigenvalue weighted by Crippen LogP contribution is -2.41. The second kappa shape index (κ2) is 11.7. The number of benzene rings is 2. The lowest BCUT2D eigenvalue weighted by Gasteiger charge is -2.11. The molecule has 2 rings (SSSR count). The molecule has 31 heavy (non-hydrogen) atoms. The summed E-state index contributed by atoms with van der Waals surface area (Å²) >= 11 is 0. The minimum absolute atomic E-state index is 0.00813. The minimum Gasteiger partial charge on any atom is -0.494 e. The fraction of sp³-hybridized carbons (Fsp3) is 0.375. The van der Waals surface area contributed by atoms with Crippen LogP contribution in [-0.4, -0.2) is 24.3 Å². The molecule has 0 spiro atoms. The Balaban J connectivity index is 1.75. The zero-order chi connectivity index (χ0) is 22.8. The van der Waals surface area contributed by atoms with Gasteiger partial charge in [-0.25, -0.2) is 0 Å². The van der Waals surface area contributed by atoms with Crippen molar-refractivity contribution in [3.8, 4) is 5.75 Å². The van der Waals surface area contributed by atoms with Gasteiger partial charge in [-0.2, -0.15) is 0 Å². The molecule has 0 bridgehead atoms. The number of nitrogens with one attached hydrogen (secondary N) is 3. The Hall–Kier alpha value is -3.35. The zero-order valence-electron chi connectivity index (χ0n) is 18.6. The van der Waals surface area contributed by atoms with Crippen molar-refractivity contribution in [2.45, 2.75) is 47.0 Å². The normalized spacial score (nSPS) is 10.5. The molecule has 0 radical (unpaired) electrons. The summed E-state index contributed by atoms with van der Waals surface area (Å²) in [6.07, 6.45) is 0.882. The molecule has 3 amide bonds. The summed E-state index contributed by atoms with van der Waals surface area (Å²) in [5.41, 5.74) is 7.86. The Morgan fingerprint density at radius 1 is 0.935 bits per heavy atom. The number of ether oxygens (including phenoxy) is 1. The van der Waals surface area contributed by atoms with E-state index in [1.54, 1.807) is 24.3 Å². The van der Waals surface area contributed by atoms with Crippen molar-refractivity contribution in [2.75, 3.05) is 11.9 Å². The highest BCUT2D eigenvalue weighted by atomic mass is 16.5. The smallest absolute Gasteiger partial charge is 0.269 e. The molecule has 0 fully saturated rings. The van der Waals surface area contributed by atoms with Crippen LogP contribution >= 0.6 is 0 Å². The third-order valence-corrected chi connectivity index (χ3v) is 4.61. The number of anilines is 1. The van der Waals surface area contributed by atoms with Gasteiger partial charge in [0.1, 0.15) is 5.75 Å². The first-order chi connectivity index (χ1) is 14.7. The number of aryl methyl sites for hydroxylation is 2. The summed E-state index contributed by atoms with van der Waals surface area (Å²) in [7, 11) is 0. The summed E-state index contributed by atoms with van der Waals surface area (Å²) in [4.78, 5) is 36.3. The molecule has 0 aliphatic rings. The molecule has 0 heterocycles. The van der Waals surface area contributed by atoms with Gasteiger partial charge in [0.05, 0.1) is 6.61 Å². The maximum atomic E-state index is 12.3. The Labute approximate surface area is 183 Å². The Morgan fingerprint density at radius 2 is 1.68 bits per heavy atom. The molecule has 2 aromatic carbocycles. The van der Waals surface area contributed by atoms with E-state index in [0.717, 1.165) is 23.2 Å². The Kier molecular flexibility index (Phi) is 9.06. The number of hydrazine groups is 1. The van der Waals surface area contributed by atoms with Gasteiger partial charge < -0.3 is 10.1 Å². The second-order valence-electron chi connectivity index (χ2n) is 7.93. The molecule has 3 N–H and O–H groups in total. The quantitative estimate of drug-likeness (QED) is 0.531. The predicted molar refractivity (Wildman–Crippen MR) is 121 cm³/mol. The monoisotopic (exact) mass is 425 g/mol. The van der Waals surface area contributed by atoms with Crippen LogP contribution in [-0.2, 0) is 9.59 Å². The van der Waals surface area contributed by atoms with E-state index in [1.165, 1.54) is 0 Å².